The minimum atomic E-state index is -0.778. The lowest BCUT2D eigenvalue weighted by molar-refractivity contribution is 0.141. The molecule has 7 nitrogen and oxygen atoms in total. The lowest BCUT2D eigenvalue weighted by Gasteiger charge is -2.43. The second-order valence-electron chi connectivity index (χ2n) is 11.8. The number of nitroso groups, excluding NO2 is 1. The van der Waals surface area contributed by atoms with Crippen LogP contribution in [0.5, 0.6) is 0 Å². The molecule has 1 aliphatic heterocycles. The number of aryl methyl sites for hydroxylation is 1. The third kappa shape index (κ3) is 4.68. The van der Waals surface area contributed by atoms with Gasteiger partial charge in [-0.1, -0.05) is 11.2 Å². The van der Waals surface area contributed by atoms with Gasteiger partial charge in [-0.05, 0) is 93.0 Å². The van der Waals surface area contributed by atoms with Crippen molar-refractivity contribution in [2.45, 2.75) is 57.0 Å². The SMILES string of the molecule is Cn1cc(C2CCC(N3CCN(c4cc(C(C)(C)N=O)cc5cccnc45)CC3)CC2)c2cc(C#N)ccc21. The highest BCUT2D eigenvalue weighted by molar-refractivity contribution is 5.92. The van der Waals surface area contributed by atoms with E-state index in [0.29, 0.717) is 12.0 Å². The van der Waals surface area contributed by atoms with Crippen molar-refractivity contribution in [2.75, 3.05) is 31.1 Å². The highest BCUT2D eigenvalue weighted by atomic mass is 16.3. The second-order valence-corrected chi connectivity index (χ2v) is 11.8. The first kappa shape index (κ1) is 25.5. The normalized spacial score (nSPS) is 20.8. The lowest BCUT2D eigenvalue weighted by atomic mass is 9.81. The van der Waals surface area contributed by atoms with Gasteiger partial charge >= 0.3 is 0 Å². The van der Waals surface area contributed by atoms with Gasteiger partial charge in [-0.3, -0.25) is 9.88 Å². The predicted molar refractivity (Wildman–Crippen MR) is 157 cm³/mol. The molecular formula is C32H36N6O. The molecule has 2 aromatic carbocycles. The van der Waals surface area contributed by atoms with E-state index in [0.717, 1.165) is 53.9 Å². The molecule has 0 N–H and O–H groups in total. The number of benzene rings is 2. The van der Waals surface area contributed by atoms with Gasteiger partial charge < -0.3 is 9.47 Å². The summed E-state index contributed by atoms with van der Waals surface area (Å²) in [5.74, 6) is 0.551. The van der Waals surface area contributed by atoms with E-state index in [2.05, 4.69) is 69.2 Å². The van der Waals surface area contributed by atoms with Gasteiger partial charge in [0.05, 0.1) is 22.8 Å². The second kappa shape index (κ2) is 10.1. The summed E-state index contributed by atoms with van der Waals surface area (Å²) in [7, 11) is 2.11. The molecule has 0 radical (unpaired) electrons. The summed E-state index contributed by atoms with van der Waals surface area (Å²) in [5.41, 5.74) is 5.60. The average molecular weight is 521 g/mol. The van der Waals surface area contributed by atoms with Crippen LogP contribution in [0.2, 0.25) is 0 Å². The fourth-order valence-electron chi connectivity index (χ4n) is 6.72. The maximum Gasteiger partial charge on any atom is 0.122 e. The number of piperazine rings is 1. The van der Waals surface area contributed by atoms with Gasteiger partial charge in [-0.15, -0.1) is 4.91 Å². The highest BCUT2D eigenvalue weighted by Crippen LogP contribution is 2.40. The molecule has 2 aliphatic rings. The van der Waals surface area contributed by atoms with Crippen LogP contribution in [0, 0.1) is 16.2 Å². The van der Waals surface area contributed by atoms with E-state index < -0.39 is 5.54 Å². The monoisotopic (exact) mass is 520 g/mol. The molecule has 1 saturated heterocycles. The number of hydrogen-bond donors (Lipinski definition) is 0. The van der Waals surface area contributed by atoms with E-state index in [1.807, 2.05) is 32.2 Å². The summed E-state index contributed by atoms with van der Waals surface area (Å²) >= 11 is 0. The topological polar surface area (TPSA) is 77.5 Å². The molecule has 0 amide bonds. The summed E-state index contributed by atoms with van der Waals surface area (Å²) in [6.45, 7) is 7.70. The van der Waals surface area contributed by atoms with Crippen LogP contribution in [0.1, 0.15) is 62.1 Å². The van der Waals surface area contributed by atoms with E-state index in [9.17, 15) is 10.2 Å². The molecule has 2 aromatic heterocycles. The zero-order valence-corrected chi connectivity index (χ0v) is 23.1. The Labute approximate surface area is 230 Å². The van der Waals surface area contributed by atoms with Gasteiger partial charge in [0.2, 0.25) is 0 Å². The average Bonchev–Trinajstić information content (AvgIpc) is 3.32. The van der Waals surface area contributed by atoms with Crippen LogP contribution >= 0.6 is 0 Å². The quantitative estimate of drug-likeness (QED) is 0.283. The van der Waals surface area contributed by atoms with Crippen molar-refractivity contribution in [3.63, 3.8) is 0 Å². The highest BCUT2D eigenvalue weighted by Gasteiger charge is 2.31. The lowest BCUT2D eigenvalue weighted by Crippen LogP contribution is -2.51. The molecule has 2 fully saturated rings. The number of nitrogens with zero attached hydrogens (tertiary/aromatic N) is 6. The molecule has 1 aliphatic carbocycles. The maximum absolute atomic E-state index is 11.6. The first-order valence-electron chi connectivity index (χ1n) is 14.1. The number of nitriles is 1. The minimum Gasteiger partial charge on any atom is -0.367 e. The number of aromatic nitrogens is 2. The Morgan fingerprint density at radius 1 is 1.03 bits per heavy atom. The molecule has 7 heteroatoms. The molecule has 0 spiro atoms. The largest absolute Gasteiger partial charge is 0.367 e. The van der Waals surface area contributed by atoms with Crippen LogP contribution in [0.4, 0.5) is 5.69 Å². The van der Waals surface area contributed by atoms with Crippen LogP contribution in [0.3, 0.4) is 0 Å². The molecule has 4 aromatic rings. The minimum absolute atomic E-state index is 0.551. The predicted octanol–water partition coefficient (Wildman–Crippen LogP) is 6.45. The van der Waals surface area contributed by atoms with Crippen molar-refractivity contribution in [2.24, 2.45) is 12.2 Å². The smallest absolute Gasteiger partial charge is 0.122 e. The van der Waals surface area contributed by atoms with Gasteiger partial charge in [0.25, 0.3) is 0 Å². The van der Waals surface area contributed by atoms with Crippen molar-refractivity contribution >= 4 is 27.5 Å². The molecule has 39 heavy (non-hydrogen) atoms. The van der Waals surface area contributed by atoms with Gasteiger partial charge in [-0.25, -0.2) is 0 Å². The molecule has 3 heterocycles. The zero-order valence-electron chi connectivity index (χ0n) is 23.1. The summed E-state index contributed by atoms with van der Waals surface area (Å²) in [5, 5.41) is 15.1. The third-order valence-electron chi connectivity index (χ3n) is 9.08. The Hall–Kier alpha value is -3.76. The van der Waals surface area contributed by atoms with Crippen LogP contribution in [-0.4, -0.2) is 46.7 Å². The van der Waals surface area contributed by atoms with Crippen molar-refractivity contribution in [1.82, 2.24) is 14.5 Å². The maximum atomic E-state index is 11.6. The molecule has 0 atom stereocenters. The molecule has 1 saturated carbocycles. The molecule has 200 valence electrons. The third-order valence-corrected chi connectivity index (χ3v) is 9.08. The fraction of sp³-hybridized carbons (Fsp3) is 0.438. The Balaban J connectivity index is 1.14. The number of rotatable bonds is 5. The van der Waals surface area contributed by atoms with Gasteiger partial charge in [-0.2, -0.15) is 5.26 Å². The van der Waals surface area contributed by atoms with Crippen LogP contribution in [0.15, 0.2) is 60.0 Å². The van der Waals surface area contributed by atoms with Gasteiger partial charge in [0.15, 0.2) is 0 Å². The van der Waals surface area contributed by atoms with Crippen molar-refractivity contribution in [1.29, 1.82) is 5.26 Å². The first-order valence-corrected chi connectivity index (χ1v) is 14.1. The van der Waals surface area contributed by atoms with Crippen LogP contribution in [0.25, 0.3) is 21.8 Å². The molecule has 0 bridgehead atoms. The van der Waals surface area contributed by atoms with E-state index in [4.69, 9.17) is 4.98 Å². The van der Waals surface area contributed by atoms with Gasteiger partial charge in [0.1, 0.15) is 5.54 Å². The Morgan fingerprint density at radius 3 is 2.51 bits per heavy atom. The van der Waals surface area contributed by atoms with E-state index in [1.165, 1.54) is 42.1 Å². The standard InChI is InChI=1S/C32H36N6O/c1-32(2,35-39)25-18-24-5-4-12-34-31(24)30(19-25)38-15-13-37(14-16-38)26-9-7-23(8-10-26)28-21-36(3)29-11-6-22(20-33)17-27(28)29/h4-6,11-12,17-19,21,23,26H,7-10,13-16H2,1-3H3. The molecule has 0 unspecified atom stereocenters. The van der Waals surface area contributed by atoms with Crippen LogP contribution in [-0.2, 0) is 12.6 Å². The van der Waals surface area contributed by atoms with E-state index >= 15 is 0 Å². The van der Waals surface area contributed by atoms with E-state index in [-0.39, 0.29) is 0 Å². The molecular weight excluding hydrogens is 484 g/mol. The number of pyridine rings is 1. The Bertz CT molecular complexity index is 1570. The van der Waals surface area contributed by atoms with Crippen LogP contribution < -0.4 is 4.90 Å². The Morgan fingerprint density at radius 2 is 1.79 bits per heavy atom. The van der Waals surface area contributed by atoms with Crippen molar-refractivity contribution < 1.29 is 0 Å². The number of anilines is 1. The zero-order chi connectivity index (χ0) is 27.1. The van der Waals surface area contributed by atoms with Gasteiger partial charge in [0, 0.05) is 68.0 Å². The van der Waals surface area contributed by atoms with Crippen molar-refractivity contribution in [3.05, 3.63) is 76.5 Å². The number of fused-ring (bicyclic) bond motifs is 2. The summed E-state index contributed by atoms with van der Waals surface area (Å²) in [6, 6.07) is 17.2. The van der Waals surface area contributed by atoms with E-state index in [1.54, 1.807) is 0 Å². The molecule has 6 rings (SSSR count). The Kier molecular flexibility index (Phi) is 6.60. The number of hydrogen-bond acceptors (Lipinski definition) is 6. The van der Waals surface area contributed by atoms with Crippen molar-refractivity contribution in [3.8, 4) is 6.07 Å². The first-order chi connectivity index (χ1) is 18.9. The summed E-state index contributed by atoms with van der Waals surface area (Å²) < 4.78 is 2.21. The summed E-state index contributed by atoms with van der Waals surface area (Å²) in [6.07, 6.45) is 8.91. The fourth-order valence-corrected chi connectivity index (χ4v) is 6.72. The summed E-state index contributed by atoms with van der Waals surface area (Å²) in [4.78, 5) is 21.4.